The third-order valence-electron chi connectivity index (χ3n) is 0.485. The third-order valence-corrected chi connectivity index (χ3v) is 1.23. The SMILES string of the molecule is N#CC(=C=[N-])[S-](=O)=O.[Li+].[Li+].[N-]=C=N[S-](=O)=O.[Rf].[Rf]. The van der Waals surface area contributed by atoms with E-state index >= 15 is 0 Å². The van der Waals surface area contributed by atoms with E-state index in [0.29, 0.717) is 0 Å². The Morgan fingerprint density at radius 2 is 1.44 bits per heavy atom. The summed E-state index contributed by atoms with van der Waals surface area (Å²) in [6.45, 7) is 0. The van der Waals surface area contributed by atoms with Crippen molar-refractivity contribution in [1.29, 1.82) is 5.26 Å². The van der Waals surface area contributed by atoms with E-state index in [2.05, 4.69) is 4.40 Å². The number of nitriles is 1. The van der Waals surface area contributed by atoms with Gasteiger partial charge in [-0.3, -0.25) is 5.87 Å². The maximum Gasteiger partial charge on any atom is 1.00 e. The van der Waals surface area contributed by atoms with E-state index in [4.69, 9.17) is 16.1 Å². The van der Waals surface area contributed by atoms with Crippen LogP contribution in [0.5, 0.6) is 0 Å². The van der Waals surface area contributed by atoms with Crippen molar-refractivity contribution in [2.45, 2.75) is 0 Å². The van der Waals surface area contributed by atoms with Gasteiger partial charge in [0.25, 0.3) is 0 Å². The molecule has 0 amide bonds. The van der Waals surface area contributed by atoms with Crippen LogP contribution in [0, 0.1) is 11.3 Å². The molecular weight excluding hydrogens is 780 g/mol. The molecular formula is C4Li2N4O4Rf2S2-2. The van der Waals surface area contributed by atoms with Gasteiger partial charge in [0.1, 0.15) is 0 Å². The Labute approximate surface area is 119 Å². The third kappa shape index (κ3) is 29.2. The normalized spacial score (nSPS) is 5.83. The second-order valence-corrected chi connectivity index (χ2v) is 2.69. The maximum absolute atomic E-state index is 9.68. The van der Waals surface area contributed by atoms with Gasteiger partial charge in [-0.2, -0.15) is 11.3 Å². The van der Waals surface area contributed by atoms with Gasteiger partial charge in [-0.25, -0.2) is 0 Å². The Bertz CT molecular complexity index is 472. The van der Waals surface area contributed by atoms with Crippen LogP contribution in [0.15, 0.2) is 9.30 Å². The van der Waals surface area contributed by atoms with Crippen molar-refractivity contribution in [3.05, 3.63) is 15.7 Å². The van der Waals surface area contributed by atoms with E-state index in [1.54, 1.807) is 0 Å². The van der Waals surface area contributed by atoms with Crippen LogP contribution in [0.25, 0.3) is 10.8 Å². The van der Waals surface area contributed by atoms with Crippen LogP contribution in [-0.4, -0.2) is 11.9 Å². The van der Waals surface area contributed by atoms with E-state index in [9.17, 15) is 16.8 Å². The standard InChI is InChI=1S/C3N2O2S.CN2O2S.2Li.2Rf/c4-1-3(2-5)8(6)7;2-1-3-6(4)5;;;;/q2*-2;2*+1;;. The van der Waals surface area contributed by atoms with Crippen molar-refractivity contribution < 1.29 is 54.6 Å². The largest absolute Gasteiger partial charge is 1.00 e. The van der Waals surface area contributed by atoms with Crippen LogP contribution in [0.2, 0.25) is 0 Å². The van der Waals surface area contributed by atoms with Crippen molar-refractivity contribution >= 4 is 33.5 Å². The molecule has 0 N–H and O–H groups in total. The fourth-order valence-electron chi connectivity index (χ4n) is 0.133. The molecule has 0 bridgehead atoms. The van der Waals surface area contributed by atoms with Crippen LogP contribution in [0.4, 0.5) is 0 Å². The second-order valence-electron chi connectivity index (χ2n) is 1.20. The molecule has 0 heterocycles. The molecule has 0 rings (SSSR count). The summed E-state index contributed by atoms with van der Waals surface area (Å²) in [5.41, 5.74) is 0. The van der Waals surface area contributed by atoms with E-state index in [0.717, 1.165) is 6.01 Å². The Hall–Kier alpha value is -2.59. The second kappa shape index (κ2) is 23.9. The van der Waals surface area contributed by atoms with Gasteiger partial charge in [0.05, 0.1) is 6.07 Å². The van der Waals surface area contributed by atoms with Gasteiger partial charge in [-0.05, 0) is 10.7 Å². The molecule has 14 heteroatoms. The molecule has 0 saturated heterocycles. The van der Waals surface area contributed by atoms with E-state index in [-0.39, 0.29) is 37.7 Å². The monoisotopic (exact) mass is 780 g/mol. The van der Waals surface area contributed by atoms with Crippen LogP contribution >= 0.6 is 0 Å². The van der Waals surface area contributed by atoms with Gasteiger partial charge in [0.2, 0.25) is 0 Å². The zero-order chi connectivity index (χ0) is 11.6. The minimum atomic E-state index is -2.66. The van der Waals surface area contributed by atoms with Gasteiger partial charge in [0, 0.05) is 4.91 Å². The number of nitrogens with zero attached hydrogens (tertiary/aromatic N) is 4. The molecule has 0 fully saturated rings. The van der Waals surface area contributed by atoms with Crippen LogP contribution in [0.1, 0.15) is 0 Å². The van der Waals surface area contributed by atoms with Crippen molar-refractivity contribution in [2.24, 2.45) is 4.40 Å². The fraction of sp³-hybridized carbons (Fsp3) is 0. The smallest absolute Gasteiger partial charge is 0.764 e. The zero-order valence-electron chi connectivity index (χ0n) is 9.65. The summed E-state index contributed by atoms with van der Waals surface area (Å²) in [5, 5.41) is 23.0. The molecule has 8 nitrogen and oxygen atoms in total. The van der Waals surface area contributed by atoms with Crippen LogP contribution < -0.4 is 37.7 Å². The van der Waals surface area contributed by atoms with Crippen LogP contribution in [-0.2, 0) is 38.4 Å². The van der Waals surface area contributed by atoms with E-state index in [1.165, 1.54) is 11.9 Å². The molecule has 0 aliphatic heterocycles. The maximum atomic E-state index is 9.68. The summed E-state index contributed by atoms with van der Waals surface area (Å²) in [4.78, 5) is -0.787. The van der Waals surface area contributed by atoms with Gasteiger partial charge in [0.15, 0.2) is 0 Å². The number of hydrogen-bond acceptors (Lipinski definition) is 7. The summed E-state index contributed by atoms with van der Waals surface area (Å²) in [6.07, 6.45) is 0. The minimum absolute atomic E-state index is 0. The molecule has 0 spiro atoms. The summed E-state index contributed by atoms with van der Waals surface area (Å²) >= 11 is 0. The van der Waals surface area contributed by atoms with Crippen molar-refractivity contribution in [1.82, 2.24) is 0 Å². The number of rotatable bonds is 2. The molecule has 0 unspecified atom stereocenters. The summed E-state index contributed by atoms with van der Waals surface area (Å²) < 4.78 is 40.1. The first-order valence-corrected chi connectivity index (χ1v) is 4.55. The molecule has 18 heavy (non-hydrogen) atoms. The Kier molecular flexibility index (Phi) is 48.0. The van der Waals surface area contributed by atoms with Crippen molar-refractivity contribution in [3.63, 3.8) is 0 Å². The molecule has 0 aliphatic rings. The first-order valence-electron chi connectivity index (χ1n) is 2.45. The first-order chi connectivity index (χ1) is 6.49. The first kappa shape index (κ1) is 36.1. The molecule has 0 radical (unpaired) electrons. The molecule has 0 aromatic rings. The average molecular weight is 780 g/mol. The number of allylic oxidation sites excluding steroid dienone is 1. The average Bonchev–Trinajstić information content (AvgIpc) is 2.06. The van der Waals surface area contributed by atoms with Gasteiger partial charge >= 0.3 is 37.7 Å². The van der Waals surface area contributed by atoms with E-state index in [1.807, 2.05) is 0 Å². The van der Waals surface area contributed by atoms with Gasteiger partial charge < -0.3 is 32.1 Å². The molecule has 0 aromatic carbocycles. The molecule has 0 saturated carbocycles. The summed E-state index contributed by atoms with van der Waals surface area (Å²) in [7, 11) is -5.21. The Balaban J connectivity index is -0.0000000335. The van der Waals surface area contributed by atoms with Crippen LogP contribution in [0.3, 0.4) is 0 Å². The fourth-order valence-corrected chi connectivity index (χ4v) is 0.349. The van der Waals surface area contributed by atoms with Crippen molar-refractivity contribution in [2.75, 3.05) is 0 Å². The van der Waals surface area contributed by atoms with E-state index < -0.39 is 26.5 Å². The Morgan fingerprint density at radius 3 is 1.44 bits per heavy atom. The number of hydrogen-bond donors (Lipinski definition) is 0. The summed E-state index contributed by atoms with van der Waals surface area (Å²) in [6, 6.07) is 2.27. The van der Waals surface area contributed by atoms with Crippen molar-refractivity contribution in [3.8, 4) is 6.07 Å². The predicted octanol–water partition coefficient (Wildman–Crippen LogP) is -6.10. The van der Waals surface area contributed by atoms with Gasteiger partial charge in [-0.15, -0.1) is 0 Å². The quantitative estimate of drug-likeness (QED) is 0.119. The minimum Gasteiger partial charge on any atom is -0.764 e. The predicted molar refractivity (Wildman–Crippen MR) is 45.8 cm³/mol. The molecule has 0 aromatic heterocycles. The molecule has 0 aliphatic carbocycles. The molecule has 80 valence electrons. The Morgan fingerprint density at radius 1 is 1.06 bits per heavy atom. The molecule has 0 atom stereocenters. The summed E-state index contributed by atoms with van der Waals surface area (Å²) in [5.74, 6) is 1.19. The topological polar surface area (TPSA) is 149 Å². The van der Waals surface area contributed by atoms with Gasteiger partial charge in [-0.1, -0.05) is 10.9 Å². The zero-order valence-corrected chi connectivity index (χ0v) is 24.1.